The molecule has 6 heteroatoms. The van der Waals surface area contributed by atoms with Gasteiger partial charge in [0.2, 0.25) is 9.84 Å². The number of aromatic hydroxyl groups is 1. The molecule has 0 aliphatic rings. The smallest absolute Gasteiger partial charge is 0.210 e. The number of hydrogen-bond acceptors (Lipinski definition) is 4. The van der Waals surface area contributed by atoms with Crippen LogP contribution in [-0.4, -0.2) is 13.5 Å². The van der Waals surface area contributed by atoms with E-state index in [-0.39, 0.29) is 15.5 Å². The molecule has 0 amide bonds. The Morgan fingerprint density at radius 2 is 1.60 bits per heavy atom. The molecule has 0 saturated heterocycles. The molecule has 3 aromatic carbocycles. The molecule has 0 atom stereocenters. The molecule has 0 fully saturated rings. The molecule has 0 heterocycles. The van der Waals surface area contributed by atoms with Crippen molar-refractivity contribution in [1.82, 2.24) is 0 Å². The van der Waals surface area contributed by atoms with E-state index in [4.69, 9.17) is 4.74 Å². The van der Waals surface area contributed by atoms with E-state index in [0.29, 0.717) is 11.5 Å². The molecular weight excluding hydrogens is 404 g/mol. The van der Waals surface area contributed by atoms with Crippen LogP contribution >= 0.6 is 15.9 Å². The topological polar surface area (TPSA) is 63.6 Å². The Bertz CT molecular complexity index is 992. The van der Waals surface area contributed by atoms with Gasteiger partial charge in [-0.2, -0.15) is 0 Å². The molecule has 0 saturated carbocycles. The molecular formula is C19H15BrO4S. The molecule has 128 valence electrons. The summed E-state index contributed by atoms with van der Waals surface area (Å²) in [4.78, 5) is -0.0296. The van der Waals surface area contributed by atoms with Crippen LogP contribution in [0.3, 0.4) is 0 Å². The molecule has 0 unspecified atom stereocenters. The first-order chi connectivity index (χ1) is 11.9. The summed E-state index contributed by atoms with van der Waals surface area (Å²) >= 11 is 3.41. The SMILES string of the molecule is Cc1cc(Br)cc(Oc2ccc(S(=O)(=O)c3ccccc3O)cc2)c1. The van der Waals surface area contributed by atoms with E-state index in [2.05, 4.69) is 15.9 Å². The van der Waals surface area contributed by atoms with Gasteiger partial charge < -0.3 is 9.84 Å². The van der Waals surface area contributed by atoms with Crippen molar-refractivity contribution < 1.29 is 18.3 Å². The van der Waals surface area contributed by atoms with E-state index in [1.807, 2.05) is 25.1 Å². The first-order valence-electron chi connectivity index (χ1n) is 7.44. The summed E-state index contributed by atoms with van der Waals surface area (Å²) in [7, 11) is -3.79. The van der Waals surface area contributed by atoms with Crippen LogP contribution in [0.15, 0.2) is 81.0 Å². The van der Waals surface area contributed by atoms with Crippen molar-refractivity contribution in [2.75, 3.05) is 0 Å². The number of sulfone groups is 1. The van der Waals surface area contributed by atoms with Gasteiger partial charge in [-0.1, -0.05) is 28.1 Å². The summed E-state index contributed by atoms with van der Waals surface area (Å²) in [5, 5.41) is 9.80. The molecule has 3 aromatic rings. The lowest BCUT2D eigenvalue weighted by Gasteiger charge is -2.09. The van der Waals surface area contributed by atoms with Gasteiger partial charge in [0.15, 0.2) is 0 Å². The molecule has 3 rings (SSSR count). The highest BCUT2D eigenvalue weighted by Crippen LogP contribution is 2.31. The number of hydrogen-bond donors (Lipinski definition) is 1. The van der Waals surface area contributed by atoms with Crippen LogP contribution in [0.25, 0.3) is 0 Å². The number of phenolic OH excluding ortho intramolecular Hbond substituents is 1. The van der Waals surface area contributed by atoms with Crippen LogP contribution in [0.1, 0.15) is 5.56 Å². The average molecular weight is 419 g/mol. The maximum Gasteiger partial charge on any atom is 0.210 e. The van der Waals surface area contributed by atoms with Gasteiger partial charge in [0.05, 0.1) is 4.90 Å². The Hall–Kier alpha value is -2.31. The first-order valence-corrected chi connectivity index (χ1v) is 9.72. The third-order valence-electron chi connectivity index (χ3n) is 3.54. The molecule has 4 nitrogen and oxygen atoms in total. The number of aryl methyl sites for hydroxylation is 1. The third-order valence-corrected chi connectivity index (χ3v) is 5.81. The molecule has 0 bridgehead atoms. The van der Waals surface area contributed by atoms with E-state index in [1.165, 1.54) is 24.3 Å². The number of ether oxygens (including phenoxy) is 1. The Labute approximate surface area is 154 Å². The fraction of sp³-hybridized carbons (Fsp3) is 0.0526. The lowest BCUT2D eigenvalue weighted by Crippen LogP contribution is -2.02. The van der Waals surface area contributed by atoms with Crippen molar-refractivity contribution in [1.29, 1.82) is 0 Å². The normalized spacial score (nSPS) is 11.3. The first kappa shape index (κ1) is 17.5. The lowest BCUT2D eigenvalue weighted by molar-refractivity contribution is 0.459. The Morgan fingerprint density at radius 1 is 0.920 bits per heavy atom. The molecule has 0 spiro atoms. The number of phenols is 1. The predicted octanol–water partition coefficient (Wildman–Crippen LogP) is 5.09. The maximum absolute atomic E-state index is 12.6. The number of halogens is 1. The quantitative estimate of drug-likeness (QED) is 0.640. The van der Waals surface area contributed by atoms with E-state index in [1.54, 1.807) is 24.3 Å². The van der Waals surface area contributed by atoms with Gasteiger partial charge in [0.1, 0.15) is 22.1 Å². The molecule has 0 aliphatic heterocycles. The zero-order valence-corrected chi connectivity index (χ0v) is 15.7. The highest BCUT2D eigenvalue weighted by atomic mass is 79.9. The molecule has 1 N–H and O–H groups in total. The van der Waals surface area contributed by atoms with Crippen molar-refractivity contribution in [3.05, 3.63) is 76.8 Å². The summed E-state index contributed by atoms with van der Waals surface area (Å²) in [6, 6.07) is 17.6. The Kier molecular flexibility index (Phi) is 4.83. The van der Waals surface area contributed by atoms with Crippen molar-refractivity contribution in [2.24, 2.45) is 0 Å². The number of rotatable bonds is 4. The lowest BCUT2D eigenvalue weighted by atomic mass is 10.2. The highest BCUT2D eigenvalue weighted by Gasteiger charge is 2.21. The van der Waals surface area contributed by atoms with Crippen molar-refractivity contribution in [3.8, 4) is 17.2 Å². The monoisotopic (exact) mass is 418 g/mol. The fourth-order valence-corrected chi connectivity index (χ4v) is 4.33. The average Bonchev–Trinajstić information content (AvgIpc) is 2.54. The third kappa shape index (κ3) is 3.86. The minimum absolute atomic E-state index is 0.0896. The second-order valence-corrected chi connectivity index (χ2v) is 8.34. The minimum atomic E-state index is -3.79. The van der Waals surface area contributed by atoms with Gasteiger partial charge in [0.25, 0.3) is 0 Å². The highest BCUT2D eigenvalue weighted by molar-refractivity contribution is 9.10. The van der Waals surface area contributed by atoms with Crippen LogP contribution in [0.5, 0.6) is 17.2 Å². The van der Waals surface area contributed by atoms with E-state index >= 15 is 0 Å². The van der Waals surface area contributed by atoms with Crippen LogP contribution < -0.4 is 4.74 Å². The van der Waals surface area contributed by atoms with Crippen LogP contribution in [0.2, 0.25) is 0 Å². The van der Waals surface area contributed by atoms with Gasteiger partial charge in [-0.3, -0.25) is 0 Å². The largest absolute Gasteiger partial charge is 0.507 e. The van der Waals surface area contributed by atoms with Crippen molar-refractivity contribution in [3.63, 3.8) is 0 Å². The minimum Gasteiger partial charge on any atom is -0.507 e. The number of para-hydroxylation sites is 1. The van der Waals surface area contributed by atoms with E-state index in [9.17, 15) is 13.5 Å². The maximum atomic E-state index is 12.6. The molecule has 0 radical (unpaired) electrons. The molecule has 25 heavy (non-hydrogen) atoms. The fourth-order valence-electron chi connectivity index (χ4n) is 2.40. The van der Waals surface area contributed by atoms with Gasteiger partial charge in [-0.15, -0.1) is 0 Å². The predicted molar refractivity (Wildman–Crippen MR) is 99.0 cm³/mol. The van der Waals surface area contributed by atoms with Crippen LogP contribution in [0.4, 0.5) is 0 Å². The summed E-state index contributed by atoms with van der Waals surface area (Å²) in [6.07, 6.45) is 0. The second-order valence-electron chi connectivity index (χ2n) is 5.51. The van der Waals surface area contributed by atoms with Gasteiger partial charge >= 0.3 is 0 Å². The summed E-state index contributed by atoms with van der Waals surface area (Å²) in [6.45, 7) is 1.96. The summed E-state index contributed by atoms with van der Waals surface area (Å²) < 4.78 is 31.9. The zero-order valence-electron chi connectivity index (χ0n) is 13.3. The zero-order chi connectivity index (χ0) is 18.0. The number of benzene rings is 3. The Morgan fingerprint density at radius 3 is 2.24 bits per heavy atom. The van der Waals surface area contributed by atoms with Crippen LogP contribution in [0, 0.1) is 6.92 Å². The summed E-state index contributed by atoms with van der Waals surface area (Å²) in [5.41, 5.74) is 1.04. The van der Waals surface area contributed by atoms with E-state index < -0.39 is 9.84 Å². The Balaban J connectivity index is 1.88. The molecule has 0 aromatic heterocycles. The van der Waals surface area contributed by atoms with Crippen LogP contribution in [-0.2, 0) is 9.84 Å². The second kappa shape index (κ2) is 6.90. The van der Waals surface area contributed by atoms with E-state index in [0.717, 1.165) is 10.0 Å². The van der Waals surface area contributed by atoms with Crippen molar-refractivity contribution in [2.45, 2.75) is 16.7 Å². The standard InChI is InChI=1S/C19H15BrO4S/c1-13-10-14(20)12-16(11-13)24-15-6-8-17(9-7-15)25(22,23)19-5-3-2-4-18(19)21/h2-12,21H,1H3. The summed E-state index contributed by atoms with van der Waals surface area (Å²) in [5.74, 6) is 0.907. The molecule has 0 aliphatic carbocycles. The van der Waals surface area contributed by atoms with Gasteiger partial charge in [0, 0.05) is 4.47 Å². The van der Waals surface area contributed by atoms with Gasteiger partial charge in [-0.25, -0.2) is 8.42 Å². The van der Waals surface area contributed by atoms with Crippen molar-refractivity contribution >= 4 is 25.8 Å². The van der Waals surface area contributed by atoms with Gasteiger partial charge in [-0.05, 0) is 67.1 Å².